The van der Waals surface area contributed by atoms with E-state index in [1.165, 1.54) is 0 Å². The van der Waals surface area contributed by atoms with Gasteiger partial charge in [0.1, 0.15) is 0 Å². The van der Waals surface area contributed by atoms with E-state index in [-0.39, 0.29) is 12.0 Å². The third-order valence-electron chi connectivity index (χ3n) is 5.73. The molecule has 9 nitrogen and oxygen atoms in total. The number of rotatable bonds is 2. The summed E-state index contributed by atoms with van der Waals surface area (Å²) in [5, 5.41) is 0. The molecule has 4 heterocycles. The fraction of sp³-hybridized carbons (Fsp3) is 0.667. The molecule has 2 amide bonds. The summed E-state index contributed by atoms with van der Waals surface area (Å²) < 4.78 is 5.53. The SMILES string of the molecule is Cc1nc(N2CCN(C)CC2)ncc1C(=O)N1CC[C@@]2(CN(C)C(=O)O2)C1. The molecule has 0 bridgehead atoms. The molecule has 146 valence electrons. The number of likely N-dealkylation sites (tertiary alicyclic amines) is 1. The maximum atomic E-state index is 13.0. The quantitative estimate of drug-likeness (QED) is 0.732. The molecule has 3 fully saturated rings. The molecule has 3 aliphatic rings. The van der Waals surface area contributed by atoms with Crippen LogP contribution in [-0.4, -0.2) is 102 Å². The van der Waals surface area contributed by atoms with Crippen molar-refractivity contribution in [3.05, 3.63) is 17.5 Å². The van der Waals surface area contributed by atoms with Crippen molar-refractivity contribution in [2.24, 2.45) is 0 Å². The number of hydrogen-bond donors (Lipinski definition) is 0. The van der Waals surface area contributed by atoms with Crippen molar-refractivity contribution >= 4 is 17.9 Å². The zero-order chi connectivity index (χ0) is 19.2. The molecular formula is C18H26N6O3. The number of anilines is 1. The molecule has 3 saturated heterocycles. The van der Waals surface area contributed by atoms with Crippen molar-refractivity contribution in [1.29, 1.82) is 0 Å². The van der Waals surface area contributed by atoms with Crippen LogP contribution in [0.3, 0.4) is 0 Å². The predicted octanol–water partition coefficient (Wildman–Crippen LogP) is 0.204. The van der Waals surface area contributed by atoms with Gasteiger partial charge in [-0.05, 0) is 14.0 Å². The Balaban J connectivity index is 1.46. The molecular weight excluding hydrogens is 348 g/mol. The number of piperazine rings is 1. The molecule has 27 heavy (non-hydrogen) atoms. The number of hydrogen-bond acceptors (Lipinski definition) is 7. The molecule has 1 aromatic heterocycles. The summed E-state index contributed by atoms with van der Waals surface area (Å²) in [4.78, 5) is 41.5. The number of nitrogens with zero attached hydrogens (tertiary/aromatic N) is 6. The fourth-order valence-electron chi connectivity index (χ4n) is 4.02. The number of aromatic nitrogens is 2. The smallest absolute Gasteiger partial charge is 0.410 e. The number of amides is 2. The predicted molar refractivity (Wildman–Crippen MR) is 98.8 cm³/mol. The van der Waals surface area contributed by atoms with Crippen LogP contribution in [0.25, 0.3) is 0 Å². The Morgan fingerprint density at radius 2 is 1.89 bits per heavy atom. The number of carbonyl (C=O) groups is 2. The van der Waals surface area contributed by atoms with Crippen LogP contribution in [0.1, 0.15) is 22.5 Å². The van der Waals surface area contributed by atoms with Gasteiger partial charge < -0.3 is 24.3 Å². The third kappa shape index (κ3) is 3.31. The summed E-state index contributed by atoms with van der Waals surface area (Å²) in [6.07, 6.45) is 1.98. The van der Waals surface area contributed by atoms with E-state index in [0.29, 0.717) is 43.3 Å². The first kappa shape index (κ1) is 18.0. The van der Waals surface area contributed by atoms with E-state index in [1.807, 2.05) is 6.92 Å². The summed E-state index contributed by atoms with van der Waals surface area (Å²) in [5.74, 6) is 0.585. The van der Waals surface area contributed by atoms with Crippen LogP contribution in [0.4, 0.5) is 10.7 Å². The Morgan fingerprint density at radius 3 is 2.52 bits per heavy atom. The van der Waals surface area contributed by atoms with Crippen molar-refractivity contribution in [3.8, 4) is 0 Å². The highest BCUT2D eigenvalue weighted by Gasteiger charge is 2.49. The van der Waals surface area contributed by atoms with Gasteiger partial charge in [-0.1, -0.05) is 0 Å². The van der Waals surface area contributed by atoms with Crippen molar-refractivity contribution < 1.29 is 14.3 Å². The standard InChI is InChI=1S/C18H26N6O3/c1-13-14(10-19-16(20-13)23-8-6-21(2)7-9-23)15(25)24-5-4-18(12-24)11-22(3)17(26)27-18/h10H,4-9,11-12H2,1-3H3/t18-/m1/s1. The van der Waals surface area contributed by atoms with Crippen molar-refractivity contribution in [3.63, 3.8) is 0 Å². The molecule has 4 rings (SSSR count). The highest BCUT2D eigenvalue weighted by Crippen LogP contribution is 2.32. The third-order valence-corrected chi connectivity index (χ3v) is 5.73. The zero-order valence-electron chi connectivity index (χ0n) is 16.1. The lowest BCUT2D eigenvalue weighted by Gasteiger charge is -2.32. The first-order valence-electron chi connectivity index (χ1n) is 9.37. The van der Waals surface area contributed by atoms with Gasteiger partial charge in [-0.25, -0.2) is 14.8 Å². The average molecular weight is 374 g/mol. The van der Waals surface area contributed by atoms with Crippen LogP contribution >= 0.6 is 0 Å². The van der Waals surface area contributed by atoms with Gasteiger partial charge in [0, 0.05) is 52.4 Å². The number of aryl methyl sites for hydroxylation is 1. The molecule has 9 heteroatoms. The van der Waals surface area contributed by atoms with Gasteiger partial charge in [-0.3, -0.25) is 4.79 Å². The van der Waals surface area contributed by atoms with E-state index in [4.69, 9.17) is 4.74 Å². The molecule has 1 spiro atoms. The van der Waals surface area contributed by atoms with Gasteiger partial charge in [0.15, 0.2) is 5.60 Å². The van der Waals surface area contributed by atoms with E-state index in [0.717, 1.165) is 26.2 Å². The lowest BCUT2D eigenvalue weighted by Crippen LogP contribution is -2.45. The van der Waals surface area contributed by atoms with Gasteiger partial charge >= 0.3 is 6.09 Å². The van der Waals surface area contributed by atoms with Crippen molar-refractivity contribution in [2.75, 3.05) is 64.8 Å². The van der Waals surface area contributed by atoms with Gasteiger partial charge in [-0.15, -0.1) is 0 Å². The first-order chi connectivity index (χ1) is 12.9. The molecule has 0 aliphatic carbocycles. The largest absolute Gasteiger partial charge is 0.439 e. The minimum absolute atomic E-state index is 0.0973. The number of likely N-dealkylation sites (N-methyl/N-ethyl adjacent to an activating group) is 2. The lowest BCUT2D eigenvalue weighted by molar-refractivity contribution is 0.0552. The first-order valence-corrected chi connectivity index (χ1v) is 9.37. The van der Waals surface area contributed by atoms with Gasteiger partial charge in [0.25, 0.3) is 5.91 Å². The van der Waals surface area contributed by atoms with Crippen LogP contribution in [0.2, 0.25) is 0 Å². The molecule has 1 aromatic rings. The van der Waals surface area contributed by atoms with Crippen LogP contribution in [-0.2, 0) is 4.74 Å². The molecule has 3 aliphatic heterocycles. The highest BCUT2D eigenvalue weighted by atomic mass is 16.6. The van der Waals surface area contributed by atoms with E-state index >= 15 is 0 Å². The van der Waals surface area contributed by atoms with Gasteiger partial charge in [0.05, 0.1) is 24.3 Å². The van der Waals surface area contributed by atoms with E-state index in [9.17, 15) is 9.59 Å². The molecule has 1 atom stereocenters. The molecule has 0 aromatic carbocycles. The Bertz CT molecular complexity index is 763. The monoisotopic (exact) mass is 374 g/mol. The van der Waals surface area contributed by atoms with E-state index in [2.05, 4.69) is 26.8 Å². The van der Waals surface area contributed by atoms with Gasteiger partial charge in [-0.2, -0.15) is 0 Å². The summed E-state index contributed by atoms with van der Waals surface area (Å²) in [6.45, 7) is 7.09. The van der Waals surface area contributed by atoms with Crippen molar-refractivity contribution in [1.82, 2.24) is 24.7 Å². The Morgan fingerprint density at radius 1 is 1.15 bits per heavy atom. The van der Waals surface area contributed by atoms with Crippen LogP contribution in [0.15, 0.2) is 6.20 Å². The minimum atomic E-state index is -0.573. The second-order valence-electron chi connectivity index (χ2n) is 7.84. The van der Waals surface area contributed by atoms with Crippen LogP contribution in [0.5, 0.6) is 0 Å². The fourth-order valence-corrected chi connectivity index (χ4v) is 4.02. The molecule has 0 N–H and O–H groups in total. The molecule has 0 saturated carbocycles. The maximum absolute atomic E-state index is 13.0. The Hall–Kier alpha value is -2.42. The minimum Gasteiger partial charge on any atom is -0.439 e. The summed E-state index contributed by atoms with van der Waals surface area (Å²) in [6, 6.07) is 0. The lowest BCUT2D eigenvalue weighted by atomic mass is 10.0. The maximum Gasteiger partial charge on any atom is 0.410 e. The highest BCUT2D eigenvalue weighted by molar-refractivity contribution is 5.95. The van der Waals surface area contributed by atoms with Crippen LogP contribution in [0, 0.1) is 6.92 Å². The number of carbonyl (C=O) groups excluding carboxylic acids is 2. The van der Waals surface area contributed by atoms with Crippen molar-refractivity contribution in [2.45, 2.75) is 18.9 Å². The Kier molecular flexibility index (Phi) is 4.41. The number of ether oxygens (including phenoxy) is 1. The molecule has 0 radical (unpaired) electrons. The second kappa shape index (κ2) is 6.63. The Labute approximate surface area is 158 Å². The molecule has 0 unspecified atom stereocenters. The topological polar surface area (TPSA) is 82.1 Å². The second-order valence-corrected chi connectivity index (χ2v) is 7.84. The summed E-state index contributed by atoms with van der Waals surface area (Å²) >= 11 is 0. The summed E-state index contributed by atoms with van der Waals surface area (Å²) in [5.41, 5.74) is 0.628. The average Bonchev–Trinajstić information content (AvgIpc) is 3.17. The zero-order valence-corrected chi connectivity index (χ0v) is 16.1. The van der Waals surface area contributed by atoms with Crippen LogP contribution < -0.4 is 4.90 Å². The van der Waals surface area contributed by atoms with E-state index in [1.54, 1.807) is 23.0 Å². The summed E-state index contributed by atoms with van der Waals surface area (Å²) in [7, 11) is 3.82. The normalized spacial score (nSPS) is 26.2. The van der Waals surface area contributed by atoms with E-state index < -0.39 is 5.60 Å². The van der Waals surface area contributed by atoms with Gasteiger partial charge in [0.2, 0.25) is 5.95 Å².